The monoisotopic (exact) mass is 269 g/mol. The lowest BCUT2D eigenvalue weighted by atomic mass is 10.5. The molecular weight excluding hydrogens is 262 g/mol. The van der Waals surface area contributed by atoms with Gasteiger partial charge in [0.25, 0.3) is 10.0 Å². The Bertz CT molecular complexity index is 453. The van der Waals surface area contributed by atoms with Crippen LogP contribution in [0.15, 0.2) is 15.7 Å². The van der Waals surface area contributed by atoms with E-state index < -0.39 is 16.0 Å². The van der Waals surface area contributed by atoms with Crippen molar-refractivity contribution in [1.82, 2.24) is 4.72 Å². The molecule has 1 heterocycles. The average molecular weight is 270 g/mol. The van der Waals surface area contributed by atoms with Gasteiger partial charge in [0.2, 0.25) is 0 Å². The third kappa shape index (κ3) is 3.45. The van der Waals surface area contributed by atoms with E-state index in [1.165, 1.54) is 6.07 Å². The van der Waals surface area contributed by atoms with E-state index in [2.05, 4.69) is 4.72 Å². The number of hydrogen-bond acceptors (Lipinski definition) is 4. The number of carboxylic acids is 1. The van der Waals surface area contributed by atoms with Crippen LogP contribution in [0.5, 0.6) is 0 Å². The highest BCUT2D eigenvalue weighted by molar-refractivity contribution is 7.91. The van der Waals surface area contributed by atoms with Crippen LogP contribution in [0.3, 0.4) is 0 Å². The van der Waals surface area contributed by atoms with Crippen molar-refractivity contribution in [3.05, 3.63) is 16.5 Å². The molecule has 1 rings (SSSR count). The molecule has 0 saturated heterocycles. The van der Waals surface area contributed by atoms with E-state index in [0.717, 1.165) is 11.3 Å². The zero-order valence-electron chi connectivity index (χ0n) is 7.44. The molecule has 0 radical (unpaired) electrons. The number of aliphatic carboxylic acids is 1. The number of carbonyl (C=O) groups is 1. The van der Waals surface area contributed by atoms with Crippen LogP contribution in [0.4, 0.5) is 0 Å². The Morgan fingerprint density at radius 2 is 2.27 bits per heavy atom. The van der Waals surface area contributed by atoms with Crippen molar-refractivity contribution in [2.45, 2.75) is 10.6 Å². The molecule has 1 aromatic heterocycles. The largest absolute Gasteiger partial charge is 0.481 e. The summed E-state index contributed by atoms with van der Waals surface area (Å²) in [5, 5.41) is 10.0. The Hall–Kier alpha value is -0.630. The SMILES string of the molecule is O=C(O)CCNS(=O)(=O)c1sccc1Cl. The van der Waals surface area contributed by atoms with Crippen LogP contribution in [0.25, 0.3) is 0 Å². The molecule has 0 saturated carbocycles. The van der Waals surface area contributed by atoms with Crippen molar-refractivity contribution in [2.75, 3.05) is 6.54 Å². The van der Waals surface area contributed by atoms with Gasteiger partial charge in [0, 0.05) is 6.54 Å². The van der Waals surface area contributed by atoms with Crippen LogP contribution in [0.2, 0.25) is 5.02 Å². The minimum atomic E-state index is -3.67. The molecule has 0 aromatic carbocycles. The first-order chi connectivity index (χ1) is 6.93. The topological polar surface area (TPSA) is 83.5 Å². The summed E-state index contributed by atoms with van der Waals surface area (Å²) in [4.78, 5) is 10.2. The van der Waals surface area contributed by atoms with Gasteiger partial charge < -0.3 is 5.11 Å². The predicted octanol–water partition coefficient (Wildman–Crippen LogP) is 1.15. The number of halogens is 1. The Balaban J connectivity index is 2.69. The van der Waals surface area contributed by atoms with E-state index in [1.807, 2.05) is 0 Å². The molecule has 84 valence electrons. The molecule has 0 aliphatic heterocycles. The van der Waals surface area contributed by atoms with Crippen molar-refractivity contribution in [3.63, 3.8) is 0 Å². The zero-order chi connectivity index (χ0) is 11.5. The number of hydrogen-bond donors (Lipinski definition) is 2. The molecular formula is C7H8ClNO4S2. The van der Waals surface area contributed by atoms with Crippen LogP contribution in [0.1, 0.15) is 6.42 Å². The summed E-state index contributed by atoms with van der Waals surface area (Å²) < 4.78 is 25.2. The second kappa shape index (κ2) is 4.93. The molecule has 5 nitrogen and oxygen atoms in total. The zero-order valence-corrected chi connectivity index (χ0v) is 9.82. The first kappa shape index (κ1) is 12.4. The van der Waals surface area contributed by atoms with E-state index in [9.17, 15) is 13.2 Å². The molecule has 0 spiro atoms. The Kier molecular flexibility index (Phi) is 4.09. The Morgan fingerprint density at radius 1 is 1.60 bits per heavy atom. The first-order valence-corrected chi connectivity index (χ1v) is 6.62. The van der Waals surface area contributed by atoms with Crippen LogP contribution in [-0.4, -0.2) is 26.0 Å². The summed E-state index contributed by atoms with van der Waals surface area (Å²) in [5.41, 5.74) is 0. The third-order valence-corrected chi connectivity index (χ3v) is 4.94. The van der Waals surface area contributed by atoms with Gasteiger partial charge in [-0.3, -0.25) is 4.79 Å². The third-order valence-electron chi connectivity index (χ3n) is 1.46. The number of carboxylic acid groups (broad SMARTS) is 1. The van der Waals surface area contributed by atoms with Gasteiger partial charge in [-0.05, 0) is 11.4 Å². The van der Waals surface area contributed by atoms with Gasteiger partial charge in [-0.15, -0.1) is 11.3 Å². The Labute approximate surface area is 95.7 Å². The van der Waals surface area contributed by atoms with Gasteiger partial charge in [-0.25, -0.2) is 13.1 Å². The standard InChI is InChI=1S/C7H8ClNO4S2/c8-5-2-4-14-7(5)15(12,13)9-3-1-6(10)11/h2,4,9H,1,3H2,(H,10,11). The smallest absolute Gasteiger partial charge is 0.304 e. The van der Waals surface area contributed by atoms with Crippen molar-refractivity contribution < 1.29 is 18.3 Å². The summed E-state index contributed by atoms with van der Waals surface area (Å²) in [6.45, 7) is -0.147. The van der Waals surface area contributed by atoms with Gasteiger partial charge >= 0.3 is 5.97 Å². The highest BCUT2D eigenvalue weighted by Gasteiger charge is 2.18. The highest BCUT2D eigenvalue weighted by atomic mass is 35.5. The second-order valence-electron chi connectivity index (χ2n) is 2.60. The van der Waals surface area contributed by atoms with Crippen LogP contribution in [-0.2, 0) is 14.8 Å². The van der Waals surface area contributed by atoms with Crippen molar-refractivity contribution in [1.29, 1.82) is 0 Å². The molecule has 0 atom stereocenters. The van der Waals surface area contributed by atoms with Crippen LogP contribution >= 0.6 is 22.9 Å². The fourth-order valence-corrected chi connectivity index (χ4v) is 3.59. The maximum absolute atomic E-state index is 11.5. The van der Waals surface area contributed by atoms with Gasteiger partial charge in [0.05, 0.1) is 11.4 Å². The predicted molar refractivity (Wildman–Crippen MR) is 56.8 cm³/mol. The van der Waals surface area contributed by atoms with E-state index in [0.29, 0.717) is 0 Å². The van der Waals surface area contributed by atoms with Crippen LogP contribution < -0.4 is 4.72 Å². The van der Waals surface area contributed by atoms with Crippen molar-refractivity contribution >= 4 is 38.9 Å². The average Bonchev–Trinajstić information content (AvgIpc) is 2.50. The summed E-state index contributed by atoms with van der Waals surface area (Å²) >= 11 is 6.63. The van der Waals surface area contributed by atoms with E-state index >= 15 is 0 Å². The summed E-state index contributed by atoms with van der Waals surface area (Å²) in [6, 6.07) is 1.47. The fraction of sp³-hybridized carbons (Fsp3) is 0.286. The van der Waals surface area contributed by atoms with Gasteiger partial charge in [0.1, 0.15) is 0 Å². The summed E-state index contributed by atoms with van der Waals surface area (Å²) in [6.07, 6.45) is -0.262. The number of thiophene rings is 1. The molecule has 2 N–H and O–H groups in total. The number of rotatable bonds is 5. The van der Waals surface area contributed by atoms with E-state index in [-0.39, 0.29) is 22.2 Å². The van der Waals surface area contributed by atoms with Crippen LogP contribution in [0, 0.1) is 0 Å². The van der Waals surface area contributed by atoms with Crippen molar-refractivity contribution in [3.8, 4) is 0 Å². The maximum Gasteiger partial charge on any atom is 0.304 e. The maximum atomic E-state index is 11.5. The lowest BCUT2D eigenvalue weighted by Gasteiger charge is -2.02. The minimum absolute atomic E-state index is 0.00885. The second-order valence-corrected chi connectivity index (χ2v) is 5.88. The molecule has 0 amide bonds. The highest BCUT2D eigenvalue weighted by Crippen LogP contribution is 2.26. The lowest BCUT2D eigenvalue weighted by Crippen LogP contribution is -2.25. The molecule has 0 fully saturated rings. The minimum Gasteiger partial charge on any atom is -0.481 e. The van der Waals surface area contributed by atoms with E-state index in [1.54, 1.807) is 5.38 Å². The van der Waals surface area contributed by atoms with Crippen molar-refractivity contribution in [2.24, 2.45) is 0 Å². The molecule has 0 bridgehead atoms. The number of sulfonamides is 1. The van der Waals surface area contributed by atoms with Gasteiger partial charge in [-0.2, -0.15) is 0 Å². The summed E-state index contributed by atoms with van der Waals surface area (Å²) in [5.74, 6) is -1.06. The molecule has 0 aliphatic carbocycles. The molecule has 1 aromatic rings. The van der Waals surface area contributed by atoms with E-state index in [4.69, 9.17) is 16.7 Å². The molecule has 15 heavy (non-hydrogen) atoms. The molecule has 8 heteroatoms. The number of nitrogens with one attached hydrogen (secondary N) is 1. The molecule has 0 aliphatic rings. The van der Waals surface area contributed by atoms with Gasteiger partial charge in [-0.1, -0.05) is 11.6 Å². The Morgan fingerprint density at radius 3 is 2.73 bits per heavy atom. The summed E-state index contributed by atoms with van der Waals surface area (Å²) in [7, 11) is -3.67. The lowest BCUT2D eigenvalue weighted by molar-refractivity contribution is -0.136. The fourth-order valence-electron chi connectivity index (χ4n) is 0.829. The van der Waals surface area contributed by atoms with Gasteiger partial charge in [0.15, 0.2) is 4.21 Å². The quantitative estimate of drug-likeness (QED) is 0.840. The molecule has 0 unspecified atom stereocenters. The first-order valence-electron chi connectivity index (χ1n) is 3.88. The normalized spacial score (nSPS) is 11.5.